The lowest BCUT2D eigenvalue weighted by atomic mass is 10.1. The summed E-state index contributed by atoms with van der Waals surface area (Å²) in [6.45, 7) is 0.305. The van der Waals surface area contributed by atoms with Gasteiger partial charge in [-0.3, -0.25) is 0 Å². The number of halogens is 3. The molecule has 0 fully saturated rings. The Bertz CT molecular complexity index is 1300. The van der Waals surface area contributed by atoms with Crippen LogP contribution in [0.15, 0.2) is 84.3 Å². The average Bonchev–Trinajstić information content (AvgIpc) is 3.47. The molecule has 5 rings (SSSR count). The minimum atomic E-state index is -4.53. The number of hydrogen-bond donors (Lipinski definition) is 0. The first kappa shape index (κ1) is 18.2. The highest BCUT2D eigenvalue weighted by molar-refractivity contribution is 5.67. The highest BCUT2D eigenvalue weighted by atomic mass is 19.4. The molecule has 0 spiro atoms. The second-order valence-corrected chi connectivity index (χ2v) is 6.91. The van der Waals surface area contributed by atoms with Gasteiger partial charge < -0.3 is 13.4 Å². The Morgan fingerprint density at radius 2 is 1.77 bits per heavy atom. The van der Waals surface area contributed by atoms with Crippen molar-refractivity contribution in [2.24, 2.45) is 0 Å². The highest BCUT2D eigenvalue weighted by Gasteiger charge is 2.34. The summed E-state index contributed by atoms with van der Waals surface area (Å²) in [5.41, 5.74) is 2.31. The molecule has 5 aromatic rings. The Kier molecular flexibility index (Phi) is 4.20. The third-order valence-corrected chi connectivity index (χ3v) is 4.81. The van der Waals surface area contributed by atoms with Crippen LogP contribution in [0.5, 0.6) is 0 Å². The van der Waals surface area contributed by atoms with Crippen molar-refractivity contribution >= 4 is 5.65 Å². The molecule has 0 unspecified atom stereocenters. The van der Waals surface area contributed by atoms with E-state index in [1.807, 2.05) is 36.5 Å². The first-order valence-corrected chi connectivity index (χ1v) is 9.16. The molecule has 0 saturated carbocycles. The number of pyridine rings is 1. The molecule has 4 heterocycles. The van der Waals surface area contributed by atoms with Gasteiger partial charge in [0.15, 0.2) is 0 Å². The van der Waals surface area contributed by atoms with Crippen molar-refractivity contribution in [1.82, 2.24) is 18.9 Å². The summed E-state index contributed by atoms with van der Waals surface area (Å²) in [4.78, 5) is 8.63. The van der Waals surface area contributed by atoms with Gasteiger partial charge in [0.1, 0.15) is 5.65 Å². The second kappa shape index (κ2) is 6.91. The zero-order chi connectivity index (χ0) is 20.7. The Morgan fingerprint density at radius 1 is 0.933 bits per heavy atom. The first-order chi connectivity index (χ1) is 14.5. The fraction of sp³-hybridized carbons (Fsp3) is 0.0909. The van der Waals surface area contributed by atoms with Crippen LogP contribution in [0, 0.1) is 0 Å². The molecule has 0 aliphatic rings. The van der Waals surface area contributed by atoms with Crippen molar-refractivity contribution in [3.63, 3.8) is 0 Å². The molecule has 0 atom stereocenters. The maximum Gasteiger partial charge on any atom is 0.420 e. The molecule has 5 nitrogen and oxygen atoms in total. The van der Waals surface area contributed by atoms with Crippen LogP contribution in [0.3, 0.4) is 0 Å². The van der Waals surface area contributed by atoms with Crippen molar-refractivity contribution < 1.29 is 17.6 Å². The van der Waals surface area contributed by atoms with Gasteiger partial charge in [-0.15, -0.1) is 0 Å². The predicted molar refractivity (Wildman–Crippen MR) is 105 cm³/mol. The smallest absolute Gasteiger partial charge is 0.420 e. The predicted octanol–water partition coefficient (Wildman–Crippen LogP) is 5.52. The van der Waals surface area contributed by atoms with Gasteiger partial charge in [0.2, 0.25) is 0 Å². The number of imidazole rings is 2. The lowest BCUT2D eigenvalue weighted by molar-refractivity contribution is -0.136. The van der Waals surface area contributed by atoms with Crippen LogP contribution in [-0.2, 0) is 12.7 Å². The van der Waals surface area contributed by atoms with Crippen molar-refractivity contribution in [3.8, 4) is 22.4 Å². The van der Waals surface area contributed by atoms with Crippen LogP contribution in [0.4, 0.5) is 13.2 Å². The SMILES string of the molecule is FC(F)(F)c1cc(-c2ccoc2)cn2cc(Cn3cnc(-c4ccccc4)c3)nc12. The molecule has 30 heavy (non-hydrogen) atoms. The number of aromatic nitrogens is 4. The zero-order valence-corrected chi connectivity index (χ0v) is 15.5. The number of benzene rings is 1. The van der Waals surface area contributed by atoms with E-state index >= 15 is 0 Å². The number of furan rings is 1. The van der Waals surface area contributed by atoms with E-state index in [0.717, 1.165) is 17.3 Å². The second-order valence-electron chi connectivity index (χ2n) is 6.91. The number of hydrogen-bond acceptors (Lipinski definition) is 3. The minimum Gasteiger partial charge on any atom is -0.472 e. The van der Waals surface area contributed by atoms with Crippen molar-refractivity contribution in [1.29, 1.82) is 0 Å². The van der Waals surface area contributed by atoms with Gasteiger partial charge in [-0.25, -0.2) is 9.97 Å². The maximum atomic E-state index is 13.7. The van der Waals surface area contributed by atoms with Gasteiger partial charge in [-0.1, -0.05) is 30.3 Å². The van der Waals surface area contributed by atoms with E-state index in [1.165, 1.54) is 16.9 Å². The Balaban J connectivity index is 1.53. The normalized spacial score (nSPS) is 12.0. The van der Waals surface area contributed by atoms with E-state index < -0.39 is 11.7 Å². The minimum absolute atomic E-state index is 0.131. The summed E-state index contributed by atoms with van der Waals surface area (Å²) in [5, 5.41) is 0. The topological polar surface area (TPSA) is 48.3 Å². The number of rotatable bonds is 4. The summed E-state index contributed by atoms with van der Waals surface area (Å²) < 4.78 is 49.2. The molecule has 0 aliphatic carbocycles. The van der Waals surface area contributed by atoms with E-state index in [-0.39, 0.29) is 5.65 Å². The van der Waals surface area contributed by atoms with Gasteiger partial charge in [-0.05, 0) is 12.1 Å². The molecule has 0 radical (unpaired) electrons. The quantitative estimate of drug-likeness (QED) is 0.393. The molecular formula is C22H15F3N4O. The molecule has 8 heteroatoms. The fourth-order valence-electron chi connectivity index (χ4n) is 3.41. The lowest BCUT2D eigenvalue weighted by Gasteiger charge is -2.10. The van der Waals surface area contributed by atoms with E-state index in [0.29, 0.717) is 23.4 Å². The zero-order valence-electron chi connectivity index (χ0n) is 15.5. The number of fused-ring (bicyclic) bond motifs is 1. The van der Waals surface area contributed by atoms with Crippen LogP contribution in [0.2, 0.25) is 0 Å². The van der Waals surface area contributed by atoms with Gasteiger partial charge in [0, 0.05) is 35.3 Å². The largest absolute Gasteiger partial charge is 0.472 e. The Hall–Kier alpha value is -3.81. The highest BCUT2D eigenvalue weighted by Crippen LogP contribution is 2.35. The summed E-state index contributed by atoms with van der Waals surface area (Å²) in [6, 6.07) is 12.4. The summed E-state index contributed by atoms with van der Waals surface area (Å²) in [5.74, 6) is 0. The van der Waals surface area contributed by atoms with E-state index in [9.17, 15) is 13.2 Å². The van der Waals surface area contributed by atoms with Crippen molar-refractivity contribution in [2.75, 3.05) is 0 Å². The van der Waals surface area contributed by atoms with Crippen molar-refractivity contribution in [2.45, 2.75) is 12.7 Å². The van der Waals surface area contributed by atoms with E-state index in [1.54, 1.807) is 29.4 Å². The van der Waals surface area contributed by atoms with Gasteiger partial charge in [-0.2, -0.15) is 13.2 Å². The molecule has 150 valence electrons. The molecule has 1 aromatic carbocycles. The van der Waals surface area contributed by atoms with Gasteiger partial charge in [0.25, 0.3) is 0 Å². The third kappa shape index (κ3) is 3.36. The van der Waals surface area contributed by atoms with E-state index in [4.69, 9.17) is 4.42 Å². The van der Waals surface area contributed by atoms with Crippen LogP contribution >= 0.6 is 0 Å². The van der Waals surface area contributed by atoms with Crippen LogP contribution in [0.25, 0.3) is 28.0 Å². The summed E-state index contributed by atoms with van der Waals surface area (Å²) in [6.07, 6.45) is 5.03. The lowest BCUT2D eigenvalue weighted by Crippen LogP contribution is -2.08. The molecule has 4 aromatic heterocycles. The number of alkyl halides is 3. The number of nitrogens with zero attached hydrogens (tertiary/aromatic N) is 4. The van der Waals surface area contributed by atoms with Crippen LogP contribution in [0.1, 0.15) is 11.3 Å². The molecule has 0 aliphatic heterocycles. The standard InChI is InChI=1S/C22H15F3N4O/c23-22(24,25)19-8-17(16-6-7-30-13-16)9-29-11-18(27-21(19)29)10-28-12-20(26-14-28)15-4-2-1-3-5-15/h1-9,11-14H,10H2. The monoisotopic (exact) mass is 408 g/mol. The molecule has 0 N–H and O–H groups in total. The third-order valence-electron chi connectivity index (χ3n) is 4.81. The van der Waals surface area contributed by atoms with Crippen LogP contribution in [-0.4, -0.2) is 18.9 Å². The fourth-order valence-corrected chi connectivity index (χ4v) is 3.41. The average molecular weight is 408 g/mol. The molecular weight excluding hydrogens is 393 g/mol. The molecule has 0 saturated heterocycles. The van der Waals surface area contributed by atoms with E-state index in [2.05, 4.69) is 9.97 Å². The Labute approximate surface area is 169 Å². The maximum absolute atomic E-state index is 13.7. The summed E-state index contributed by atoms with van der Waals surface area (Å²) >= 11 is 0. The van der Waals surface area contributed by atoms with Gasteiger partial charge in [0.05, 0.1) is 42.3 Å². The molecule has 0 bridgehead atoms. The first-order valence-electron chi connectivity index (χ1n) is 9.16. The van der Waals surface area contributed by atoms with Crippen molar-refractivity contribution in [3.05, 3.63) is 91.2 Å². The Morgan fingerprint density at radius 3 is 2.50 bits per heavy atom. The summed E-state index contributed by atoms with van der Waals surface area (Å²) in [7, 11) is 0. The van der Waals surface area contributed by atoms with Crippen LogP contribution < -0.4 is 0 Å². The molecule has 0 amide bonds. The van der Waals surface area contributed by atoms with Gasteiger partial charge >= 0.3 is 6.18 Å².